The summed E-state index contributed by atoms with van der Waals surface area (Å²) in [6, 6.07) is 9.46. The maximum Gasteiger partial charge on any atom is 0.269 e. The van der Waals surface area contributed by atoms with Gasteiger partial charge < -0.3 is 10.6 Å². The molecule has 5 heteroatoms. The smallest absolute Gasteiger partial charge is 0.269 e. The maximum absolute atomic E-state index is 12.9. The average molecular weight is 301 g/mol. The number of nitrogens with zero attached hydrogens (tertiary/aromatic N) is 1. The molecule has 22 heavy (non-hydrogen) atoms. The van der Waals surface area contributed by atoms with Crippen molar-refractivity contribution in [2.24, 2.45) is 5.92 Å². The first-order chi connectivity index (χ1) is 10.5. The van der Waals surface area contributed by atoms with Gasteiger partial charge in [0.05, 0.1) is 0 Å². The van der Waals surface area contributed by atoms with E-state index in [4.69, 9.17) is 0 Å². The molecule has 0 aliphatic rings. The Balaban J connectivity index is 2.00. The molecule has 0 bridgehead atoms. The van der Waals surface area contributed by atoms with Crippen LogP contribution in [0.3, 0.4) is 0 Å². The molecule has 2 N–H and O–H groups in total. The summed E-state index contributed by atoms with van der Waals surface area (Å²) in [5, 5.41) is 5.96. The van der Waals surface area contributed by atoms with Crippen molar-refractivity contribution in [2.75, 3.05) is 11.9 Å². The van der Waals surface area contributed by atoms with Crippen molar-refractivity contribution in [3.63, 3.8) is 0 Å². The van der Waals surface area contributed by atoms with E-state index < -0.39 is 0 Å². The summed E-state index contributed by atoms with van der Waals surface area (Å²) in [6.45, 7) is 4.85. The van der Waals surface area contributed by atoms with Crippen LogP contribution < -0.4 is 10.6 Å². The Bertz CT molecular complexity index is 626. The first-order valence-corrected chi connectivity index (χ1v) is 7.31. The summed E-state index contributed by atoms with van der Waals surface area (Å²) >= 11 is 0. The lowest BCUT2D eigenvalue weighted by atomic mass is 10.1. The van der Waals surface area contributed by atoms with Crippen LogP contribution in [0.2, 0.25) is 0 Å². The fraction of sp³-hybridized carbons (Fsp3) is 0.294. The molecule has 1 aromatic carbocycles. The number of halogens is 1. The van der Waals surface area contributed by atoms with Crippen molar-refractivity contribution in [3.8, 4) is 0 Å². The summed E-state index contributed by atoms with van der Waals surface area (Å²) in [5.74, 6) is 0.0636. The highest BCUT2D eigenvalue weighted by atomic mass is 19.1. The Kier molecular flexibility index (Phi) is 5.47. The second-order valence-corrected chi connectivity index (χ2v) is 5.50. The molecule has 4 nitrogen and oxygen atoms in total. The second-order valence-electron chi connectivity index (χ2n) is 5.50. The number of carbonyl (C=O) groups is 1. The van der Waals surface area contributed by atoms with Crippen LogP contribution in [0.4, 0.5) is 15.8 Å². The zero-order valence-corrected chi connectivity index (χ0v) is 12.8. The molecule has 1 heterocycles. The van der Waals surface area contributed by atoms with Crippen LogP contribution in [0.5, 0.6) is 0 Å². The van der Waals surface area contributed by atoms with Gasteiger partial charge >= 0.3 is 0 Å². The van der Waals surface area contributed by atoms with Crippen LogP contribution in [0.1, 0.15) is 30.8 Å². The molecule has 0 spiro atoms. The number of benzene rings is 1. The Morgan fingerprint density at radius 1 is 1.18 bits per heavy atom. The summed E-state index contributed by atoms with van der Waals surface area (Å²) < 4.78 is 12.9. The SMILES string of the molecule is CC(C)CCNC(=O)c1cc(Nc2ccc(F)cc2)ccn1. The number of hydrogen-bond donors (Lipinski definition) is 2. The minimum Gasteiger partial charge on any atom is -0.355 e. The van der Waals surface area contributed by atoms with Gasteiger partial charge in [-0.3, -0.25) is 9.78 Å². The van der Waals surface area contributed by atoms with Crippen LogP contribution in [0.25, 0.3) is 0 Å². The Morgan fingerprint density at radius 2 is 1.91 bits per heavy atom. The molecule has 2 rings (SSSR count). The van der Waals surface area contributed by atoms with Crippen molar-refractivity contribution < 1.29 is 9.18 Å². The lowest BCUT2D eigenvalue weighted by molar-refractivity contribution is 0.0947. The Morgan fingerprint density at radius 3 is 2.59 bits per heavy atom. The maximum atomic E-state index is 12.9. The van der Waals surface area contributed by atoms with Gasteiger partial charge in [0.1, 0.15) is 11.5 Å². The molecule has 0 saturated heterocycles. The van der Waals surface area contributed by atoms with Crippen LogP contribution in [-0.2, 0) is 0 Å². The van der Waals surface area contributed by atoms with E-state index in [9.17, 15) is 9.18 Å². The summed E-state index contributed by atoms with van der Waals surface area (Å²) in [5.41, 5.74) is 1.84. The van der Waals surface area contributed by atoms with Gasteiger partial charge in [0, 0.05) is 24.1 Å². The van der Waals surface area contributed by atoms with Gasteiger partial charge in [-0.05, 0) is 48.7 Å². The van der Waals surface area contributed by atoms with Gasteiger partial charge in [0.2, 0.25) is 0 Å². The molecule has 0 fully saturated rings. The third-order valence-corrected chi connectivity index (χ3v) is 3.13. The van der Waals surface area contributed by atoms with Gasteiger partial charge in [0.15, 0.2) is 0 Å². The van der Waals surface area contributed by atoms with E-state index in [1.807, 2.05) is 0 Å². The molecule has 0 saturated carbocycles. The molecule has 2 aromatic rings. The molecule has 0 unspecified atom stereocenters. The summed E-state index contributed by atoms with van der Waals surface area (Å²) in [6.07, 6.45) is 2.50. The van der Waals surface area contributed by atoms with Crippen molar-refractivity contribution in [3.05, 3.63) is 54.1 Å². The van der Waals surface area contributed by atoms with Crippen LogP contribution in [0, 0.1) is 11.7 Å². The van der Waals surface area contributed by atoms with Gasteiger partial charge in [-0.2, -0.15) is 0 Å². The predicted molar refractivity (Wildman–Crippen MR) is 85.7 cm³/mol. The average Bonchev–Trinajstić information content (AvgIpc) is 2.49. The third-order valence-electron chi connectivity index (χ3n) is 3.13. The number of carbonyl (C=O) groups excluding carboxylic acids is 1. The fourth-order valence-corrected chi connectivity index (χ4v) is 1.90. The second kappa shape index (κ2) is 7.54. The number of hydrogen-bond acceptors (Lipinski definition) is 3. The molecule has 1 aromatic heterocycles. The van der Waals surface area contributed by atoms with Crippen molar-refractivity contribution in [1.82, 2.24) is 10.3 Å². The Labute approximate surface area is 129 Å². The fourth-order valence-electron chi connectivity index (χ4n) is 1.90. The quantitative estimate of drug-likeness (QED) is 0.854. The van der Waals surface area contributed by atoms with Gasteiger partial charge in [0.25, 0.3) is 5.91 Å². The normalized spacial score (nSPS) is 10.5. The molecular formula is C17H20FN3O. The topological polar surface area (TPSA) is 54.0 Å². The van der Waals surface area contributed by atoms with E-state index >= 15 is 0 Å². The lowest BCUT2D eigenvalue weighted by Gasteiger charge is -2.09. The van der Waals surface area contributed by atoms with E-state index in [2.05, 4.69) is 29.5 Å². The number of anilines is 2. The van der Waals surface area contributed by atoms with Crippen molar-refractivity contribution in [2.45, 2.75) is 20.3 Å². The highest BCUT2D eigenvalue weighted by Gasteiger charge is 2.08. The van der Waals surface area contributed by atoms with Crippen LogP contribution in [0.15, 0.2) is 42.6 Å². The molecule has 116 valence electrons. The van der Waals surface area contributed by atoms with E-state index in [0.29, 0.717) is 18.2 Å². The summed E-state index contributed by atoms with van der Waals surface area (Å²) in [7, 11) is 0. The van der Waals surface area contributed by atoms with Crippen LogP contribution >= 0.6 is 0 Å². The zero-order valence-electron chi connectivity index (χ0n) is 12.8. The molecular weight excluding hydrogens is 281 g/mol. The zero-order chi connectivity index (χ0) is 15.9. The predicted octanol–water partition coefficient (Wildman–Crippen LogP) is 3.74. The molecule has 0 aliphatic heterocycles. The van der Waals surface area contributed by atoms with Gasteiger partial charge in [-0.1, -0.05) is 13.8 Å². The van der Waals surface area contributed by atoms with Gasteiger partial charge in [-0.25, -0.2) is 4.39 Å². The number of pyridine rings is 1. The number of nitrogens with one attached hydrogen (secondary N) is 2. The van der Waals surface area contributed by atoms with Crippen molar-refractivity contribution >= 4 is 17.3 Å². The molecule has 0 radical (unpaired) electrons. The summed E-state index contributed by atoms with van der Waals surface area (Å²) in [4.78, 5) is 16.1. The minimum atomic E-state index is -0.287. The molecule has 0 atom stereocenters. The monoisotopic (exact) mass is 301 g/mol. The first-order valence-electron chi connectivity index (χ1n) is 7.31. The number of amides is 1. The van der Waals surface area contributed by atoms with E-state index in [1.165, 1.54) is 12.1 Å². The largest absolute Gasteiger partial charge is 0.355 e. The highest BCUT2D eigenvalue weighted by molar-refractivity contribution is 5.93. The third kappa shape index (κ3) is 4.84. The standard InChI is InChI=1S/C17H20FN3O/c1-12(2)7-9-20-17(22)16-11-15(8-10-19-16)21-14-5-3-13(18)4-6-14/h3-6,8,10-12H,7,9H2,1-2H3,(H,19,21)(H,20,22). The Hall–Kier alpha value is -2.43. The first kappa shape index (κ1) is 15.9. The highest BCUT2D eigenvalue weighted by Crippen LogP contribution is 2.17. The van der Waals surface area contributed by atoms with Crippen molar-refractivity contribution in [1.29, 1.82) is 0 Å². The number of rotatable bonds is 6. The number of aromatic nitrogens is 1. The van der Waals surface area contributed by atoms with Gasteiger partial charge in [-0.15, -0.1) is 0 Å². The minimum absolute atomic E-state index is 0.191. The lowest BCUT2D eigenvalue weighted by Crippen LogP contribution is -2.26. The molecule has 0 aliphatic carbocycles. The van der Waals surface area contributed by atoms with E-state index in [1.54, 1.807) is 30.5 Å². The molecule has 1 amide bonds. The van der Waals surface area contributed by atoms with E-state index in [0.717, 1.165) is 17.8 Å². The van der Waals surface area contributed by atoms with Crippen LogP contribution in [-0.4, -0.2) is 17.4 Å². The van der Waals surface area contributed by atoms with E-state index in [-0.39, 0.29) is 11.7 Å².